The van der Waals surface area contributed by atoms with Crippen molar-refractivity contribution in [2.75, 3.05) is 13.2 Å². The Morgan fingerprint density at radius 1 is 1.06 bits per heavy atom. The third-order valence-electron chi connectivity index (χ3n) is 2.74. The molecule has 0 fully saturated rings. The summed E-state index contributed by atoms with van der Waals surface area (Å²) >= 11 is 0. The van der Waals surface area contributed by atoms with Crippen molar-refractivity contribution in [3.05, 3.63) is 47.7 Å². The van der Waals surface area contributed by atoms with Crippen LogP contribution in [0.4, 0.5) is 0 Å². The van der Waals surface area contributed by atoms with Gasteiger partial charge < -0.3 is 9.15 Å². The maximum Gasteiger partial charge on any atom is 0.216 e. The van der Waals surface area contributed by atoms with Crippen molar-refractivity contribution in [1.29, 1.82) is 0 Å². The molecule has 4 nitrogen and oxygen atoms in total. The van der Waals surface area contributed by atoms with Crippen LogP contribution in [0.3, 0.4) is 0 Å². The quantitative estimate of drug-likeness (QED) is 0.776. The topological polar surface area (TPSA) is 51.8 Å². The van der Waals surface area contributed by atoms with Crippen molar-refractivity contribution in [3.8, 4) is 11.3 Å². The summed E-state index contributed by atoms with van der Waals surface area (Å²) in [6.07, 6.45) is 0.693. The summed E-state index contributed by atoms with van der Waals surface area (Å²) in [6.45, 7) is 1.37. The molecule has 0 saturated heterocycles. The van der Waals surface area contributed by atoms with Crippen LogP contribution in [0.5, 0.6) is 0 Å². The molecule has 90 valence electrons. The van der Waals surface area contributed by atoms with Crippen LogP contribution in [0.1, 0.15) is 16.1 Å². The summed E-state index contributed by atoms with van der Waals surface area (Å²) in [7, 11) is 0. The number of ether oxygens (including phenoxy) is 1. The number of rotatable bonds is 3. The van der Waals surface area contributed by atoms with Gasteiger partial charge in [-0.1, -0.05) is 12.1 Å². The molecule has 1 aliphatic heterocycles. The highest BCUT2D eigenvalue weighted by molar-refractivity contribution is 5.95. The molecule has 0 aliphatic carbocycles. The van der Waals surface area contributed by atoms with Gasteiger partial charge in [0.1, 0.15) is 12.4 Å². The van der Waals surface area contributed by atoms with Gasteiger partial charge in [0, 0.05) is 11.1 Å². The standard InChI is InChI=1S/C14H11NO3/c16-9-12-5-6-13(18-12)10-1-3-11(4-2-10)14-15-7-8-17-14/h1-6,9H,7-8H2. The van der Waals surface area contributed by atoms with Crippen molar-refractivity contribution in [2.45, 2.75) is 0 Å². The van der Waals surface area contributed by atoms with E-state index in [4.69, 9.17) is 9.15 Å². The highest BCUT2D eigenvalue weighted by atomic mass is 16.5. The van der Waals surface area contributed by atoms with Crippen LogP contribution < -0.4 is 0 Å². The number of hydrogen-bond donors (Lipinski definition) is 0. The number of hydrogen-bond acceptors (Lipinski definition) is 4. The van der Waals surface area contributed by atoms with E-state index in [1.165, 1.54) is 0 Å². The molecule has 0 N–H and O–H groups in total. The largest absolute Gasteiger partial charge is 0.476 e. The van der Waals surface area contributed by atoms with Crippen LogP contribution in [0.25, 0.3) is 11.3 Å². The van der Waals surface area contributed by atoms with Gasteiger partial charge in [0.25, 0.3) is 0 Å². The van der Waals surface area contributed by atoms with E-state index in [0.29, 0.717) is 30.3 Å². The fourth-order valence-electron chi connectivity index (χ4n) is 1.86. The monoisotopic (exact) mass is 241 g/mol. The molecule has 4 heteroatoms. The van der Waals surface area contributed by atoms with Gasteiger partial charge in [0.2, 0.25) is 5.90 Å². The van der Waals surface area contributed by atoms with E-state index in [9.17, 15) is 4.79 Å². The number of benzene rings is 1. The Kier molecular flexibility index (Phi) is 2.68. The molecule has 0 radical (unpaired) electrons. The van der Waals surface area contributed by atoms with Crippen molar-refractivity contribution in [1.82, 2.24) is 0 Å². The molecule has 18 heavy (non-hydrogen) atoms. The minimum atomic E-state index is 0.331. The highest BCUT2D eigenvalue weighted by Crippen LogP contribution is 2.22. The number of carbonyl (C=O) groups excluding carboxylic acids is 1. The van der Waals surface area contributed by atoms with E-state index in [0.717, 1.165) is 17.7 Å². The van der Waals surface area contributed by atoms with E-state index in [2.05, 4.69) is 4.99 Å². The molecule has 2 heterocycles. The average molecular weight is 241 g/mol. The second kappa shape index (κ2) is 4.49. The summed E-state index contributed by atoms with van der Waals surface area (Å²) < 4.78 is 10.7. The number of nitrogens with zero attached hydrogens (tertiary/aromatic N) is 1. The van der Waals surface area contributed by atoms with E-state index in [1.54, 1.807) is 12.1 Å². The Labute approximate surface area is 104 Å². The molecule has 1 aromatic heterocycles. The Balaban J connectivity index is 1.88. The van der Waals surface area contributed by atoms with Crippen LogP contribution in [-0.4, -0.2) is 25.3 Å². The van der Waals surface area contributed by atoms with Gasteiger partial charge in [-0.2, -0.15) is 0 Å². The number of aldehydes is 1. The first-order valence-corrected chi connectivity index (χ1v) is 5.70. The second-order valence-corrected chi connectivity index (χ2v) is 3.93. The number of furan rings is 1. The third-order valence-corrected chi connectivity index (χ3v) is 2.74. The van der Waals surface area contributed by atoms with Crippen LogP contribution in [0.2, 0.25) is 0 Å². The molecule has 0 spiro atoms. The van der Waals surface area contributed by atoms with Crippen LogP contribution >= 0.6 is 0 Å². The van der Waals surface area contributed by atoms with E-state index in [1.807, 2.05) is 24.3 Å². The zero-order valence-corrected chi connectivity index (χ0v) is 9.63. The van der Waals surface area contributed by atoms with Gasteiger partial charge in [-0.25, -0.2) is 4.99 Å². The lowest BCUT2D eigenvalue weighted by Crippen LogP contribution is -2.00. The molecule has 0 amide bonds. The van der Waals surface area contributed by atoms with Gasteiger partial charge >= 0.3 is 0 Å². The van der Waals surface area contributed by atoms with Crippen LogP contribution in [0.15, 0.2) is 45.8 Å². The van der Waals surface area contributed by atoms with Gasteiger partial charge in [-0.05, 0) is 24.3 Å². The SMILES string of the molecule is O=Cc1ccc(-c2ccc(C3=NCCO3)cc2)o1. The lowest BCUT2D eigenvalue weighted by Gasteiger charge is -2.02. The predicted molar refractivity (Wildman–Crippen MR) is 66.9 cm³/mol. The van der Waals surface area contributed by atoms with E-state index >= 15 is 0 Å². The van der Waals surface area contributed by atoms with Gasteiger partial charge in [-0.3, -0.25) is 4.79 Å². The summed E-state index contributed by atoms with van der Waals surface area (Å²) in [5.41, 5.74) is 1.88. The molecule has 3 rings (SSSR count). The van der Waals surface area contributed by atoms with Crippen molar-refractivity contribution >= 4 is 12.2 Å². The predicted octanol–water partition coefficient (Wildman–Crippen LogP) is 2.54. The summed E-state index contributed by atoms with van der Waals surface area (Å²) in [5.74, 6) is 1.70. The minimum absolute atomic E-state index is 0.331. The summed E-state index contributed by atoms with van der Waals surface area (Å²) in [4.78, 5) is 14.8. The van der Waals surface area contributed by atoms with Gasteiger partial charge in [0.15, 0.2) is 12.0 Å². The zero-order chi connectivity index (χ0) is 12.4. The first kappa shape index (κ1) is 10.8. The van der Waals surface area contributed by atoms with Crippen molar-refractivity contribution < 1.29 is 13.9 Å². The number of carbonyl (C=O) groups is 1. The first-order valence-electron chi connectivity index (χ1n) is 5.70. The fourth-order valence-corrected chi connectivity index (χ4v) is 1.86. The van der Waals surface area contributed by atoms with E-state index in [-0.39, 0.29) is 0 Å². The second-order valence-electron chi connectivity index (χ2n) is 3.93. The van der Waals surface area contributed by atoms with Gasteiger partial charge in [0.05, 0.1) is 6.54 Å². The lowest BCUT2D eigenvalue weighted by atomic mass is 10.1. The maximum atomic E-state index is 10.6. The molecule has 0 saturated carbocycles. The average Bonchev–Trinajstić information content (AvgIpc) is 3.10. The molecule has 0 atom stereocenters. The molecule has 1 aliphatic rings. The third kappa shape index (κ3) is 1.93. The van der Waals surface area contributed by atoms with E-state index < -0.39 is 0 Å². The van der Waals surface area contributed by atoms with Crippen LogP contribution in [-0.2, 0) is 4.74 Å². The minimum Gasteiger partial charge on any atom is -0.476 e. The number of aliphatic imine (C=N–C) groups is 1. The van der Waals surface area contributed by atoms with Gasteiger partial charge in [-0.15, -0.1) is 0 Å². The Bertz CT molecular complexity index is 596. The molecular weight excluding hydrogens is 230 g/mol. The normalized spacial score (nSPS) is 14.1. The molecule has 0 unspecified atom stereocenters. The van der Waals surface area contributed by atoms with Crippen LogP contribution in [0, 0.1) is 0 Å². The zero-order valence-electron chi connectivity index (χ0n) is 9.63. The Morgan fingerprint density at radius 2 is 1.83 bits per heavy atom. The Morgan fingerprint density at radius 3 is 2.44 bits per heavy atom. The van der Waals surface area contributed by atoms with Crippen molar-refractivity contribution in [2.24, 2.45) is 4.99 Å². The first-order chi connectivity index (χ1) is 8.86. The smallest absolute Gasteiger partial charge is 0.216 e. The fraction of sp³-hybridized carbons (Fsp3) is 0.143. The molecule has 1 aromatic carbocycles. The van der Waals surface area contributed by atoms with Crippen molar-refractivity contribution in [3.63, 3.8) is 0 Å². The molecular formula is C14H11NO3. The molecule has 2 aromatic rings. The lowest BCUT2D eigenvalue weighted by molar-refractivity contribution is 0.110. The highest BCUT2D eigenvalue weighted by Gasteiger charge is 2.10. The summed E-state index contributed by atoms with van der Waals surface area (Å²) in [5, 5.41) is 0. The Hall–Kier alpha value is -2.36. The molecule has 0 bridgehead atoms. The maximum absolute atomic E-state index is 10.6. The summed E-state index contributed by atoms with van der Waals surface area (Å²) in [6, 6.07) is 11.1.